The molecule has 0 spiro atoms. The van der Waals surface area contributed by atoms with Gasteiger partial charge in [-0.2, -0.15) is 0 Å². The highest BCUT2D eigenvalue weighted by Crippen LogP contribution is 2.30. The fraction of sp³-hybridized carbons (Fsp3) is 0.500. The number of fused-ring (bicyclic) bond motifs is 1. The lowest BCUT2D eigenvalue weighted by atomic mass is 9.92. The Bertz CT molecular complexity index is 871. The molecule has 0 saturated carbocycles. The van der Waals surface area contributed by atoms with Crippen LogP contribution in [0.3, 0.4) is 0 Å². The van der Waals surface area contributed by atoms with E-state index in [4.69, 9.17) is 14.2 Å². The molecule has 1 aromatic heterocycles. The Morgan fingerprint density at radius 3 is 2.67 bits per heavy atom. The van der Waals surface area contributed by atoms with Gasteiger partial charge in [-0.05, 0) is 11.6 Å². The van der Waals surface area contributed by atoms with E-state index in [1.54, 1.807) is 6.20 Å². The van der Waals surface area contributed by atoms with E-state index in [9.17, 15) is 4.79 Å². The lowest BCUT2D eigenvalue weighted by Gasteiger charge is -2.20. The molecule has 160 valence electrons. The van der Waals surface area contributed by atoms with Gasteiger partial charge >= 0.3 is 6.09 Å². The number of rotatable bonds is 5. The van der Waals surface area contributed by atoms with Crippen molar-refractivity contribution in [1.82, 2.24) is 15.3 Å². The number of nitrogens with one attached hydrogen (secondary N) is 2. The number of anilines is 1. The minimum absolute atomic E-state index is 0.0655. The summed E-state index contributed by atoms with van der Waals surface area (Å²) >= 11 is 0. The summed E-state index contributed by atoms with van der Waals surface area (Å²) < 4.78 is 17.3. The third kappa shape index (κ3) is 4.71. The predicted molar refractivity (Wildman–Crippen MR) is 111 cm³/mol. The summed E-state index contributed by atoms with van der Waals surface area (Å²) in [7, 11) is 0. The SMILES string of the molecule is CC(C)(C)c1ccnc(N[C@@H]2CO[C@@H]3[C@@H]2OC[C@H]3OC(=O)NCc2ccccc2)n1. The molecule has 4 rings (SSSR count). The number of hydrogen-bond donors (Lipinski definition) is 2. The van der Waals surface area contributed by atoms with Crippen molar-refractivity contribution < 1.29 is 19.0 Å². The van der Waals surface area contributed by atoms with Crippen LogP contribution in [-0.4, -0.2) is 53.6 Å². The van der Waals surface area contributed by atoms with Crippen molar-refractivity contribution in [3.63, 3.8) is 0 Å². The maximum absolute atomic E-state index is 12.2. The summed E-state index contributed by atoms with van der Waals surface area (Å²) in [5.74, 6) is 0.547. The molecule has 0 radical (unpaired) electrons. The second kappa shape index (κ2) is 8.57. The second-order valence-electron chi connectivity index (χ2n) is 8.65. The van der Waals surface area contributed by atoms with Crippen molar-refractivity contribution in [2.45, 2.75) is 57.1 Å². The molecule has 0 aliphatic carbocycles. The summed E-state index contributed by atoms with van der Waals surface area (Å²) in [4.78, 5) is 21.1. The summed E-state index contributed by atoms with van der Waals surface area (Å²) in [5.41, 5.74) is 1.90. The van der Waals surface area contributed by atoms with E-state index in [0.717, 1.165) is 11.3 Å². The molecule has 1 aromatic carbocycles. The van der Waals surface area contributed by atoms with Crippen LogP contribution in [0.1, 0.15) is 32.0 Å². The molecule has 8 heteroatoms. The van der Waals surface area contributed by atoms with E-state index < -0.39 is 12.2 Å². The smallest absolute Gasteiger partial charge is 0.407 e. The third-order valence-electron chi connectivity index (χ3n) is 5.28. The Balaban J connectivity index is 1.31. The van der Waals surface area contributed by atoms with Crippen LogP contribution >= 0.6 is 0 Å². The molecule has 0 bridgehead atoms. The van der Waals surface area contributed by atoms with Crippen LogP contribution < -0.4 is 10.6 Å². The first-order chi connectivity index (χ1) is 14.4. The number of carbonyl (C=O) groups is 1. The lowest BCUT2D eigenvalue weighted by molar-refractivity contribution is 0.00431. The first-order valence-corrected chi connectivity index (χ1v) is 10.2. The summed E-state index contributed by atoms with van der Waals surface area (Å²) in [6.07, 6.45) is 0.296. The Labute approximate surface area is 176 Å². The zero-order chi connectivity index (χ0) is 21.1. The normalized spacial score (nSPS) is 25.6. The topological polar surface area (TPSA) is 94.6 Å². The number of ether oxygens (including phenoxy) is 3. The van der Waals surface area contributed by atoms with Gasteiger partial charge in [-0.25, -0.2) is 14.8 Å². The lowest BCUT2D eigenvalue weighted by Crippen LogP contribution is -2.39. The first-order valence-electron chi connectivity index (χ1n) is 10.2. The quantitative estimate of drug-likeness (QED) is 0.780. The Kier molecular flexibility index (Phi) is 5.87. The zero-order valence-electron chi connectivity index (χ0n) is 17.5. The maximum atomic E-state index is 12.2. The highest BCUT2D eigenvalue weighted by Gasteiger charge is 2.49. The molecule has 3 heterocycles. The minimum atomic E-state index is -0.477. The molecule has 2 N–H and O–H groups in total. The monoisotopic (exact) mass is 412 g/mol. The molecule has 30 heavy (non-hydrogen) atoms. The number of nitrogens with zero attached hydrogens (tertiary/aromatic N) is 2. The van der Waals surface area contributed by atoms with E-state index >= 15 is 0 Å². The molecule has 2 aliphatic heterocycles. The summed E-state index contributed by atoms with van der Waals surface area (Å²) in [6.45, 7) is 7.48. The molecule has 8 nitrogen and oxygen atoms in total. The summed E-state index contributed by atoms with van der Waals surface area (Å²) in [5, 5.41) is 6.09. The van der Waals surface area contributed by atoms with Crippen LogP contribution in [0, 0.1) is 0 Å². The van der Waals surface area contributed by atoms with Crippen LogP contribution in [0.4, 0.5) is 10.7 Å². The average Bonchev–Trinajstić information content (AvgIpc) is 3.30. The van der Waals surface area contributed by atoms with Crippen molar-refractivity contribution >= 4 is 12.0 Å². The van der Waals surface area contributed by atoms with E-state index in [-0.39, 0.29) is 23.7 Å². The molecule has 1 amide bonds. The number of carbonyl (C=O) groups excluding carboxylic acids is 1. The number of benzene rings is 1. The van der Waals surface area contributed by atoms with Crippen molar-refractivity contribution in [2.24, 2.45) is 0 Å². The molecular formula is C22H28N4O4. The van der Waals surface area contributed by atoms with Gasteiger partial charge in [0.1, 0.15) is 12.2 Å². The van der Waals surface area contributed by atoms with Gasteiger partial charge in [-0.15, -0.1) is 0 Å². The Morgan fingerprint density at radius 2 is 1.90 bits per heavy atom. The Morgan fingerprint density at radius 1 is 1.13 bits per heavy atom. The predicted octanol–water partition coefficient (Wildman–Crippen LogP) is 2.65. The van der Waals surface area contributed by atoms with Crippen LogP contribution in [0.2, 0.25) is 0 Å². The molecule has 2 aromatic rings. The van der Waals surface area contributed by atoms with Crippen LogP contribution in [0.15, 0.2) is 42.6 Å². The number of alkyl carbamates (subject to hydrolysis) is 1. The number of hydrogen-bond acceptors (Lipinski definition) is 7. The summed E-state index contributed by atoms with van der Waals surface area (Å²) in [6, 6.07) is 11.5. The number of aromatic nitrogens is 2. The van der Waals surface area contributed by atoms with Gasteiger partial charge in [0, 0.05) is 18.2 Å². The van der Waals surface area contributed by atoms with Gasteiger partial charge in [0.05, 0.1) is 24.9 Å². The molecule has 2 fully saturated rings. The van der Waals surface area contributed by atoms with E-state index in [0.29, 0.717) is 25.7 Å². The molecule has 2 aliphatic rings. The van der Waals surface area contributed by atoms with Gasteiger partial charge in [0.2, 0.25) is 5.95 Å². The minimum Gasteiger partial charge on any atom is -0.441 e. The largest absolute Gasteiger partial charge is 0.441 e. The Hall–Kier alpha value is -2.71. The van der Waals surface area contributed by atoms with Crippen molar-refractivity contribution in [3.05, 3.63) is 53.9 Å². The van der Waals surface area contributed by atoms with E-state index in [2.05, 4.69) is 41.4 Å². The second-order valence-corrected chi connectivity index (χ2v) is 8.65. The molecule has 2 saturated heterocycles. The van der Waals surface area contributed by atoms with E-state index in [1.807, 2.05) is 36.4 Å². The van der Waals surface area contributed by atoms with Crippen LogP contribution in [0.5, 0.6) is 0 Å². The van der Waals surface area contributed by atoms with Gasteiger partial charge < -0.3 is 24.8 Å². The molecule has 0 unspecified atom stereocenters. The van der Waals surface area contributed by atoms with Gasteiger partial charge in [0.15, 0.2) is 6.10 Å². The van der Waals surface area contributed by atoms with Crippen LogP contribution in [-0.2, 0) is 26.2 Å². The maximum Gasteiger partial charge on any atom is 0.407 e. The average molecular weight is 412 g/mol. The van der Waals surface area contributed by atoms with Crippen molar-refractivity contribution in [1.29, 1.82) is 0 Å². The first kappa shape index (κ1) is 20.6. The fourth-order valence-electron chi connectivity index (χ4n) is 3.65. The number of amides is 1. The fourth-order valence-corrected chi connectivity index (χ4v) is 3.65. The van der Waals surface area contributed by atoms with Crippen LogP contribution in [0.25, 0.3) is 0 Å². The van der Waals surface area contributed by atoms with Gasteiger partial charge in [-0.3, -0.25) is 0 Å². The third-order valence-corrected chi connectivity index (χ3v) is 5.28. The van der Waals surface area contributed by atoms with Gasteiger partial charge in [0.25, 0.3) is 0 Å². The molecule has 4 atom stereocenters. The van der Waals surface area contributed by atoms with E-state index in [1.165, 1.54) is 0 Å². The van der Waals surface area contributed by atoms with Crippen molar-refractivity contribution in [3.8, 4) is 0 Å². The molecular weight excluding hydrogens is 384 g/mol. The standard InChI is InChI=1S/C22H28N4O4/c1-22(2,3)17-9-10-23-20(26-17)25-15-12-28-19-16(13-29-18(15)19)30-21(27)24-11-14-7-5-4-6-8-14/h4-10,15-16,18-19H,11-13H2,1-3H3,(H,24,27)(H,23,25,26)/t15-,16-,18-,19+/m1/s1. The van der Waals surface area contributed by atoms with Crippen molar-refractivity contribution in [2.75, 3.05) is 18.5 Å². The highest BCUT2D eigenvalue weighted by molar-refractivity contribution is 5.67. The highest BCUT2D eigenvalue weighted by atomic mass is 16.6. The van der Waals surface area contributed by atoms with Gasteiger partial charge in [-0.1, -0.05) is 51.1 Å². The zero-order valence-corrected chi connectivity index (χ0v) is 17.5.